The third-order valence-electron chi connectivity index (χ3n) is 2.90. The van der Waals surface area contributed by atoms with Gasteiger partial charge in [0.15, 0.2) is 0 Å². The zero-order valence-corrected chi connectivity index (χ0v) is 10.4. The Balaban J connectivity index is 1.58. The highest BCUT2D eigenvalue weighted by molar-refractivity contribution is 5.80. The second-order valence-electron chi connectivity index (χ2n) is 4.49. The normalized spacial score (nSPS) is 14.9. The molecule has 1 fully saturated rings. The number of nitrogens with zero attached hydrogens (tertiary/aromatic N) is 1. The van der Waals surface area contributed by atoms with Crippen LogP contribution in [0.15, 0.2) is 4.42 Å². The summed E-state index contributed by atoms with van der Waals surface area (Å²) in [5.41, 5.74) is 0.934. The van der Waals surface area contributed by atoms with Crippen LogP contribution in [0, 0.1) is 19.8 Å². The first kappa shape index (κ1) is 12.1. The molecule has 5 nitrogen and oxygen atoms in total. The van der Waals surface area contributed by atoms with E-state index in [1.165, 1.54) is 0 Å². The van der Waals surface area contributed by atoms with Gasteiger partial charge in [-0.3, -0.25) is 4.79 Å². The largest absolute Gasteiger partial charge is 0.444 e. The minimum Gasteiger partial charge on any atom is -0.444 e. The van der Waals surface area contributed by atoms with E-state index in [1.54, 1.807) is 0 Å². The third-order valence-corrected chi connectivity index (χ3v) is 2.90. The highest BCUT2D eigenvalue weighted by Crippen LogP contribution is 2.28. The molecular formula is C12H19N3O2. The van der Waals surface area contributed by atoms with Crippen LogP contribution in [0.2, 0.25) is 0 Å². The minimum atomic E-state index is 0.189. The van der Waals surface area contributed by atoms with Crippen LogP contribution in [0.1, 0.15) is 30.2 Å². The van der Waals surface area contributed by atoms with Crippen molar-refractivity contribution in [3.63, 3.8) is 0 Å². The summed E-state index contributed by atoms with van der Waals surface area (Å²) in [5, 5.41) is 6.08. The Labute approximate surface area is 101 Å². The van der Waals surface area contributed by atoms with Gasteiger partial charge in [-0.25, -0.2) is 4.98 Å². The average Bonchev–Trinajstić information content (AvgIpc) is 3.07. The van der Waals surface area contributed by atoms with E-state index in [0.29, 0.717) is 19.0 Å². The number of aromatic nitrogens is 1. The first-order valence-electron chi connectivity index (χ1n) is 6.08. The van der Waals surface area contributed by atoms with E-state index in [4.69, 9.17) is 4.42 Å². The van der Waals surface area contributed by atoms with Crippen LogP contribution in [0.25, 0.3) is 0 Å². The molecule has 0 bridgehead atoms. The Kier molecular flexibility index (Phi) is 3.78. The van der Waals surface area contributed by atoms with Crippen LogP contribution in [-0.2, 0) is 11.3 Å². The Bertz CT molecular complexity index is 377. The van der Waals surface area contributed by atoms with Crippen LogP contribution < -0.4 is 10.6 Å². The van der Waals surface area contributed by atoms with E-state index in [0.717, 1.165) is 30.8 Å². The molecule has 1 aliphatic rings. The number of aryl methyl sites for hydroxylation is 2. The van der Waals surface area contributed by atoms with E-state index in [2.05, 4.69) is 15.6 Å². The van der Waals surface area contributed by atoms with Crippen LogP contribution in [0.3, 0.4) is 0 Å². The molecule has 5 heteroatoms. The molecule has 1 amide bonds. The van der Waals surface area contributed by atoms with Gasteiger partial charge in [-0.15, -0.1) is 0 Å². The molecule has 94 valence electrons. The molecule has 0 atom stereocenters. The molecule has 1 heterocycles. The van der Waals surface area contributed by atoms with E-state index >= 15 is 0 Å². The van der Waals surface area contributed by atoms with Crippen molar-refractivity contribution in [3.05, 3.63) is 17.3 Å². The maximum absolute atomic E-state index is 11.3. The molecule has 0 aliphatic heterocycles. The van der Waals surface area contributed by atoms with Gasteiger partial charge in [0, 0.05) is 19.0 Å². The van der Waals surface area contributed by atoms with Gasteiger partial charge in [0.2, 0.25) is 11.8 Å². The third kappa shape index (κ3) is 3.56. The molecule has 1 saturated carbocycles. The average molecular weight is 237 g/mol. The molecule has 0 aromatic carbocycles. The second-order valence-corrected chi connectivity index (χ2v) is 4.49. The SMILES string of the molecule is Cc1nc(CNCCNC(=O)C2CC2)oc1C. The molecule has 0 saturated heterocycles. The van der Waals surface area contributed by atoms with E-state index in [-0.39, 0.29) is 11.8 Å². The minimum absolute atomic E-state index is 0.189. The summed E-state index contributed by atoms with van der Waals surface area (Å²) in [7, 11) is 0. The van der Waals surface area contributed by atoms with Gasteiger partial charge in [0.05, 0.1) is 12.2 Å². The van der Waals surface area contributed by atoms with Gasteiger partial charge in [0.25, 0.3) is 0 Å². The monoisotopic (exact) mass is 237 g/mol. The summed E-state index contributed by atoms with van der Waals surface area (Å²) < 4.78 is 5.43. The number of amides is 1. The maximum Gasteiger partial charge on any atom is 0.223 e. The van der Waals surface area contributed by atoms with Crippen molar-refractivity contribution >= 4 is 5.91 Å². The Morgan fingerprint density at radius 3 is 2.76 bits per heavy atom. The highest BCUT2D eigenvalue weighted by Gasteiger charge is 2.28. The molecule has 0 spiro atoms. The van der Waals surface area contributed by atoms with E-state index in [9.17, 15) is 4.79 Å². The van der Waals surface area contributed by atoms with Gasteiger partial charge >= 0.3 is 0 Å². The lowest BCUT2D eigenvalue weighted by molar-refractivity contribution is -0.122. The molecule has 0 unspecified atom stereocenters. The first-order valence-corrected chi connectivity index (χ1v) is 6.08. The lowest BCUT2D eigenvalue weighted by Crippen LogP contribution is -2.32. The summed E-state index contributed by atoms with van der Waals surface area (Å²) in [6, 6.07) is 0. The molecule has 17 heavy (non-hydrogen) atoms. The summed E-state index contributed by atoms with van der Waals surface area (Å²) in [6.45, 7) is 5.83. The van der Waals surface area contributed by atoms with Crippen molar-refractivity contribution in [2.45, 2.75) is 33.2 Å². The van der Waals surface area contributed by atoms with E-state index < -0.39 is 0 Å². The van der Waals surface area contributed by atoms with Crippen LogP contribution >= 0.6 is 0 Å². The second kappa shape index (κ2) is 5.31. The Hall–Kier alpha value is -1.36. The lowest BCUT2D eigenvalue weighted by Gasteiger charge is -2.04. The van der Waals surface area contributed by atoms with Crippen LogP contribution in [0.5, 0.6) is 0 Å². The highest BCUT2D eigenvalue weighted by atomic mass is 16.4. The predicted molar refractivity (Wildman–Crippen MR) is 63.4 cm³/mol. The number of carbonyl (C=O) groups is 1. The van der Waals surface area contributed by atoms with Crippen molar-refractivity contribution < 1.29 is 9.21 Å². The zero-order chi connectivity index (χ0) is 12.3. The summed E-state index contributed by atoms with van der Waals surface area (Å²) in [4.78, 5) is 15.6. The summed E-state index contributed by atoms with van der Waals surface area (Å²) >= 11 is 0. The Morgan fingerprint density at radius 1 is 1.41 bits per heavy atom. The standard InChI is InChI=1S/C12H19N3O2/c1-8-9(2)17-11(15-8)7-13-5-6-14-12(16)10-3-4-10/h10,13H,3-7H2,1-2H3,(H,14,16). The van der Waals surface area contributed by atoms with E-state index in [1.807, 2.05) is 13.8 Å². The molecule has 1 aromatic heterocycles. The molecule has 0 radical (unpaired) electrons. The number of hydrogen-bond acceptors (Lipinski definition) is 4. The summed E-state index contributed by atoms with van der Waals surface area (Å²) in [6.07, 6.45) is 2.10. The van der Waals surface area contributed by atoms with Crippen molar-refractivity contribution in [1.82, 2.24) is 15.6 Å². The molecule has 1 aliphatic carbocycles. The summed E-state index contributed by atoms with van der Waals surface area (Å²) in [5.74, 6) is 2.04. The first-order chi connectivity index (χ1) is 8.16. The maximum atomic E-state index is 11.3. The van der Waals surface area contributed by atoms with Gasteiger partial charge in [-0.1, -0.05) is 0 Å². The van der Waals surface area contributed by atoms with Crippen molar-refractivity contribution in [2.75, 3.05) is 13.1 Å². The fourth-order valence-electron chi connectivity index (χ4n) is 1.57. The van der Waals surface area contributed by atoms with Crippen molar-refractivity contribution in [2.24, 2.45) is 5.92 Å². The smallest absolute Gasteiger partial charge is 0.223 e. The molecule has 2 N–H and O–H groups in total. The van der Waals surface area contributed by atoms with Gasteiger partial charge < -0.3 is 15.1 Å². The number of rotatable bonds is 6. The molecule has 1 aromatic rings. The van der Waals surface area contributed by atoms with Crippen molar-refractivity contribution in [3.8, 4) is 0 Å². The topological polar surface area (TPSA) is 67.2 Å². The van der Waals surface area contributed by atoms with Crippen molar-refractivity contribution in [1.29, 1.82) is 0 Å². The number of carbonyl (C=O) groups excluding carboxylic acids is 1. The van der Waals surface area contributed by atoms with Gasteiger partial charge in [0.1, 0.15) is 5.76 Å². The predicted octanol–water partition coefficient (Wildman–Crippen LogP) is 0.907. The van der Waals surface area contributed by atoms with Crippen LogP contribution in [0.4, 0.5) is 0 Å². The fourth-order valence-corrected chi connectivity index (χ4v) is 1.57. The van der Waals surface area contributed by atoms with Crippen LogP contribution in [-0.4, -0.2) is 24.0 Å². The number of nitrogens with one attached hydrogen (secondary N) is 2. The molecular weight excluding hydrogens is 218 g/mol. The van der Waals surface area contributed by atoms with Gasteiger partial charge in [-0.2, -0.15) is 0 Å². The quantitative estimate of drug-likeness (QED) is 0.722. The molecule has 2 rings (SSSR count). The lowest BCUT2D eigenvalue weighted by atomic mass is 10.4. The Morgan fingerprint density at radius 2 is 2.18 bits per heavy atom. The fraction of sp³-hybridized carbons (Fsp3) is 0.667. The number of oxazole rings is 1. The zero-order valence-electron chi connectivity index (χ0n) is 10.4. The van der Waals surface area contributed by atoms with Gasteiger partial charge in [-0.05, 0) is 26.7 Å². The number of hydrogen-bond donors (Lipinski definition) is 2.